The second kappa shape index (κ2) is 11.7. The number of aryl methyl sites for hydroxylation is 1. The molecule has 0 amide bonds. The van der Waals surface area contributed by atoms with Crippen molar-refractivity contribution in [3.05, 3.63) is 52.3 Å². The van der Waals surface area contributed by atoms with Crippen LogP contribution in [0.1, 0.15) is 101 Å². The highest BCUT2D eigenvalue weighted by molar-refractivity contribution is 5.54. The maximum atomic E-state index is 15.0. The van der Waals surface area contributed by atoms with Crippen LogP contribution in [-0.4, -0.2) is 6.61 Å². The summed E-state index contributed by atoms with van der Waals surface area (Å²) in [4.78, 5) is 0. The van der Waals surface area contributed by atoms with Crippen LogP contribution in [0.15, 0.2) is 18.2 Å². The van der Waals surface area contributed by atoms with Crippen molar-refractivity contribution >= 4 is 0 Å². The predicted molar refractivity (Wildman–Crippen MR) is 141 cm³/mol. The van der Waals surface area contributed by atoms with Crippen molar-refractivity contribution in [1.82, 2.24) is 0 Å². The summed E-state index contributed by atoms with van der Waals surface area (Å²) in [7, 11) is 0. The maximum Gasteiger partial charge on any atom is 0.205 e. The van der Waals surface area contributed by atoms with E-state index in [-0.39, 0.29) is 23.7 Å². The summed E-state index contributed by atoms with van der Waals surface area (Å²) in [6.07, 6.45) is 14.5. The number of hydrogen-bond donors (Lipinski definition) is 0. The van der Waals surface area contributed by atoms with Gasteiger partial charge in [-0.2, -0.15) is 8.78 Å². The fourth-order valence-electron chi connectivity index (χ4n) is 7.03. The Balaban J connectivity index is 1.18. The lowest BCUT2D eigenvalue weighted by Gasteiger charge is -2.37. The van der Waals surface area contributed by atoms with E-state index in [1.807, 2.05) is 13.0 Å². The Morgan fingerprint density at radius 3 is 2.05 bits per heavy atom. The van der Waals surface area contributed by atoms with Crippen molar-refractivity contribution in [2.24, 2.45) is 23.7 Å². The highest BCUT2D eigenvalue weighted by Gasteiger charge is 2.32. The molecule has 0 saturated heterocycles. The van der Waals surface area contributed by atoms with E-state index in [1.54, 1.807) is 6.07 Å². The molecule has 2 aromatic rings. The molecule has 2 aliphatic carbocycles. The molecule has 37 heavy (non-hydrogen) atoms. The molecule has 5 heteroatoms. The van der Waals surface area contributed by atoms with Gasteiger partial charge in [-0.15, -0.1) is 0 Å². The van der Waals surface area contributed by atoms with E-state index in [4.69, 9.17) is 9.47 Å². The predicted octanol–water partition coefficient (Wildman–Crippen LogP) is 9.54. The first-order valence-corrected chi connectivity index (χ1v) is 14.6. The van der Waals surface area contributed by atoms with E-state index in [2.05, 4.69) is 6.92 Å². The lowest BCUT2D eigenvalue weighted by molar-refractivity contribution is 0.120. The van der Waals surface area contributed by atoms with Crippen molar-refractivity contribution in [2.45, 2.75) is 97.3 Å². The zero-order valence-electron chi connectivity index (χ0n) is 22.4. The van der Waals surface area contributed by atoms with E-state index < -0.39 is 17.5 Å². The maximum absolute atomic E-state index is 15.0. The monoisotopic (exact) mass is 514 g/mol. The fourth-order valence-corrected chi connectivity index (χ4v) is 7.03. The van der Waals surface area contributed by atoms with Gasteiger partial charge in [0.15, 0.2) is 23.1 Å². The SMILES string of the molecule is CCCc1ccc2c(c1F)Oc1c(cc(OCC3CCC(C4CCC(CCC)CC4)CC3)c(F)c1F)C2. The van der Waals surface area contributed by atoms with Gasteiger partial charge >= 0.3 is 0 Å². The van der Waals surface area contributed by atoms with Crippen molar-refractivity contribution in [2.75, 3.05) is 6.61 Å². The molecule has 1 heterocycles. The van der Waals surface area contributed by atoms with Crippen molar-refractivity contribution in [3.63, 3.8) is 0 Å². The molecule has 0 aromatic heterocycles. The van der Waals surface area contributed by atoms with Gasteiger partial charge in [0.25, 0.3) is 0 Å². The van der Waals surface area contributed by atoms with Crippen LogP contribution in [0.2, 0.25) is 0 Å². The van der Waals surface area contributed by atoms with Crippen LogP contribution in [0, 0.1) is 41.1 Å². The Bertz CT molecular complexity index is 1080. The molecule has 3 aliphatic rings. The molecular formula is C32H41F3O2. The summed E-state index contributed by atoms with van der Waals surface area (Å²) in [6, 6.07) is 5.12. The Morgan fingerprint density at radius 1 is 0.757 bits per heavy atom. The first kappa shape index (κ1) is 26.4. The minimum absolute atomic E-state index is 0.0148. The summed E-state index contributed by atoms with van der Waals surface area (Å²) < 4.78 is 56.3. The highest BCUT2D eigenvalue weighted by Crippen LogP contribution is 2.45. The van der Waals surface area contributed by atoms with Gasteiger partial charge in [0.2, 0.25) is 11.6 Å². The summed E-state index contributed by atoms with van der Waals surface area (Å²) in [5, 5.41) is 0. The van der Waals surface area contributed by atoms with Crippen LogP contribution in [-0.2, 0) is 12.8 Å². The molecule has 0 radical (unpaired) electrons. The Morgan fingerprint density at radius 2 is 1.41 bits per heavy atom. The van der Waals surface area contributed by atoms with Gasteiger partial charge < -0.3 is 9.47 Å². The largest absolute Gasteiger partial charge is 0.490 e. The summed E-state index contributed by atoms with van der Waals surface area (Å²) >= 11 is 0. The van der Waals surface area contributed by atoms with Gasteiger partial charge in [-0.25, -0.2) is 4.39 Å². The molecule has 5 rings (SSSR count). The Labute approximate surface area is 219 Å². The number of hydrogen-bond acceptors (Lipinski definition) is 2. The summed E-state index contributed by atoms with van der Waals surface area (Å²) in [5.74, 6) is 0.0898. The average Bonchev–Trinajstić information content (AvgIpc) is 2.92. The van der Waals surface area contributed by atoms with Crippen LogP contribution >= 0.6 is 0 Å². The number of fused-ring (bicyclic) bond motifs is 2. The molecule has 1 aliphatic heterocycles. The van der Waals surface area contributed by atoms with Crippen molar-refractivity contribution < 1.29 is 22.6 Å². The molecule has 0 spiro atoms. The number of rotatable bonds is 8. The van der Waals surface area contributed by atoms with Gasteiger partial charge in [0, 0.05) is 17.5 Å². The second-order valence-electron chi connectivity index (χ2n) is 11.7. The molecule has 0 atom stereocenters. The minimum Gasteiger partial charge on any atom is -0.490 e. The van der Waals surface area contributed by atoms with E-state index in [9.17, 15) is 8.78 Å². The lowest BCUT2D eigenvalue weighted by atomic mass is 9.69. The molecule has 2 saturated carbocycles. The lowest BCUT2D eigenvalue weighted by Crippen LogP contribution is -2.27. The molecule has 0 unspecified atom stereocenters. The molecule has 2 fully saturated rings. The van der Waals surface area contributed by atoms with E-state index >= 15 is 4.39 Å². The second-order valence-corrected chi connectivity index (χ2v) is 11.7. The first-order chi connectivity index (χ1) is 18.0. The normalized spacial score (nSPS) is 25.2. The Kier molecular flexibility index (Phi) is 8.36. The molecule has 0 bridgehead atoms. The van der Waals surface area contributed by atoms with Gasteiger partial charge in [-0.05, 0) is 80.2 Å². The highest BCUT2D eigenvalue weighted by atomic mass is 19.2. The topological polar surface area (TPSA) is 18.5 Å². The zero-order valence-corrected chi connectivity index (χ0v) is 22.4. The summed E-state index contributed by atoms with van der Waals surface area (Å²) in [5.41, 5.74) is 1.67. The molecule has 0 N–H and O–H groups in total. The van der Waals surface area contributed by atoms with Gasteiger partial charge in [0.05, 0.1) is 6.61 Å². The smallest absolute Gasteiger partial charge is 0.205 e. The van der Waals surface area contributed by atoms with Crippen molar-refractivity contribution in [1.29, 1.82) is 0 Å². The third-order valence-electron chi connectivity index (χ3n) is 9.19. The Hall–Kier alpha value is -2.17. The zero-order chi connectivity index (χ0) is 25.9. The fraction of sp³-hybridized carbons (Fsp3) is 0.625. The quantitative estimate of drug-likeness (QED) is 0.298. The number of ether oxygens (including phenoxy) is 2. The van der Waals surface area contributed by atoms with Gasteiger partial charge in [0.1, 0.15) is 0 Å². The van der Waals surface area contributed by atoms with Crippen LogP contribution in [0.25, 0.3) is 0 Å². The van der Waals surface area contributed by atoms with Crippen LogP contribution < -0.4 is 9.47 Å². The average molecular weight is 515 g/mol. The van der Waals surface area contributed by atoms with Crippen LogP contribution in [0.4, 0.5) is 13.2 Å². The third kappa shape index (κ3) is 5.66. The van der Waals surface area contributed by atoms with E-state index in [1.165, 1.54) is 57.4 Å². The van der Waals surface area contributed by atoms with E-state index in [0.717, 1.165) is 37.0 Å². The van der Waals surface area contributed by atoms with Gasteiger partial charge in [-0.1, -0.05) is 58.1 Å². The first-order valence-electron chi connectivity index (χ1n) is 14.6. The minimum atomic E-state index is -1.10. The standard InChI is InChI=1S/C32H41F3O2/c1-3-5-20-7-11-22(12-8-20)23-13-9-21(10-14-23)19-36-27-18-26-17-25-16-15-24(6-4-2)28(33)31(25)37-32(26)30(35)29(27)34/h15-16,18,20-23H,3-14,17,19H2,1-2H3. The van der Waals surface area contributed by atoms with Crippen LogP contribution in [0.3, 0.4) is 0 Å². The molecule has 202 valence electrons. The molecular weight excluding hydrogens is 473 g/mol. The van der Waals surface area contributed by atoms with E-state index in [0.29, 0.717) is 35.6 Å². The van der Waals surface area contributed by atoms with Crippen LogP contribution in [0.5, 0.6) is 17.2 Å². The number of halogens is 3. The van der Waals surface area contributed by atoms with Gasteiger partial charge in [-0.3, -0.25) is 0 Å². The van der Waals surface area contributed by atoms with Crippen molar-refractivity contribution in [3.8, 4) is 17.2 Å². The summed E-state index contributed by atoms with van der Waals surface area (Å²) in [6.45, 7) is 4.66. The number of benzene rings is 2. The molecule has 2 nitrogen and oxygen atoms in total. The molecule has 2 aromatic carbocycles. The third-order valence-corrected chi connectivity index (χ3v) is 9.19.